The zero-order valence-corrected chi connectivity index (χ0v) is 8.37. The lowest BCUT2D eigenvalue weighted by Crippen LogP contribution is -2.60. The quantitative estimate of drug-likeness (QED) is 0.644. The highest BCUT2D eigenvalue weighted by molar-refractivity contribution is 5.89. The van der Waals surface area contributed by atoms with Gasteiger partial charge in [-0.05, 0) is 30.5 Å². The summed E-state index contributed by atoms with van der Waals surface area (Å²) in [5.41, 5.74) is 9.26. The Hall–Kier alpha value is -1.35. The van der Waals surface area contributed by atoms with Crippen molar-refractivity contribution in [3.8, 4) is 0 Å². The van der Waals surface area contributed by atoms with E-state index in [1.54, 1.807) is 0 Å². The normalized spacial score (nSPS) is 25.5. The summed E-state index contributed by atoms with van der Waals surface area (Å²) in [6.07, 6.45) is 0. The van der Waals surface area contributed by atoms with E-state index in [0.29, 0.717) is 0 Å². The lowest BCUT2D eigenvalue weighted by molar-refractivity contribution is -0.130. The molecule has 1 heterocycles. The molecule has 1 aromatic rings. The minimum Gasteiger partial charge on any atom is -0.346 e. The number of rotatable bonds is 1. The molecule has 0 aliphatic carbocycles. The average molecular weight is 190 g/mol. The number of carbonyl (C=O) groups is 1. The topological polar surface area (TPSA) is 55.1 Å². The number of aryl methyl sites for hydroxylation is 2. The van der Waals surface area contributed by atoms with Gasteiger partial charge in [-0.3, -0.25) is 4.79 Å². The zero-order valence-electron chi connectivity index (χ0n) is 8.37. The number of β-lactam (4-membered cyclic amide) rings is 1. The summed E-state index contributed by atoms with van der Waals surface area (Å²) < 4.78 is 0. The molecule has 1 aliphatic heterocycles. The molecule has 3 nitrogen and oxygen atoms in total. The molecule has 0 bridgehead atoms. The van der Waals surface area contributed by atoms with Crippen molar-refractivity contribution in [1.82, 2.24) is 5.32 Å². The fourth-order valence-electron chi connectivity index (χ4n) is 1.64. The molecule has 2 rings (SSSR count). The molecule has 2 unspecified atom stereocenters. The second kappa shape index (κ2) is 3.10. The summed E-state index contributed by atoms with van der Waals surface area (Å²) in [4.78, 5) is 10.9. The summed E-state index contributed by atoms with van der Waals surface area (Å²) in [6, 6.07) is 5.78. The van der Waals surface area contributed by atoms with Crippen molar-refractivity contribution in [2.24, 2.45) is 5.73 Å². The first-order chi connectivity index (χ1) is 6.59. The fourth-order valence-corrected chi connectivity index (χ4v) is 1.64. The Labute approximate surface area is 83.3 Å². The van der Waals surface area contributed by atoms with E-state index < -0.39 is 0 Å². The molecule has 14 heavy (non-hydrogen) atoms. The van der Waals surface area contributed by atoms with E-state index in [0.717, 1.165) is 5.56 Å². The van der Waals surface area contributed by atoms with Crippen molar-refractivity contribution >= 4 is 5.91 Å². The van der Waals surface area contributed by atoms with E-state index in [2.05, 4.69) is 31.3 Å². The number of hydrogen-bond donors (Lipinski definition) is 2. The summed E-state index contributed by atoms with van der Waals surface area (Å²) in [7, 11) is 0. The Morgan fingerprint density at radius 2 is 2.00 bits per heavy atom. The van der Waals surface area contributed by atoms with Crippen LogP contribution in [0.1, 0.15) is 22.7 Å². The lowest BCUT2D eigenvalue weighted by atomic mass is 9.90. The van der Waals surface area contributed by atoms with E-state index in [1.807, 2.05) is 6.07 Å². The summed E-state index contributed by atoms with van der Waals surface area (Å²) in [5.74, 6) is -0.0618. The van der Waals surface area contributed by atoms with E-state index in [-0.39, 0.29) is 18.0 Å². The second-order valence-electron chi connectivity index (χ2n) is 3.86. The number of nitrogens with two attached hydrogens (primary N) is 1. The maximum Gasteiger partial charge on any atom is 0.239 e. The molecule has 1 aliphatic rings. The van der Waals surface area contributed by atoms with Gasteiger partial charge in [0.05, 0.1) is 6.04 Å². The zero-order chi connectivity index (χ0) is 10.3. The van der Waals surface area contributed by atoms with Crippen LogP contribution in [0, 0.1) is 13.8 Å². The third kappa shape index (κ3) is 1.30. The van der Waals surface area contributed by atoms with E-state index >= 15 is 0 Å². The molecule has 1 saturated heterocycles. The molecule has 1 aromatic carbocycles. The number of carbonyl (C=O) groups excluding carboxylic acids is 1. The monoisotopic (exact) mass is 190 g/mol. The van der Waals surface area contributed by atoms with Crippen LogP contribution >= 0.6 is 0 Å². The maximum atomic E-state index is 10.9. The van der Waals surface area contributed by atoms with Crippen LogP contribution in [0.3, 0.4) is 0 Å². The Balaban J connectivity index is 2.26. The number of hydrogen-bond acceptors (Lipinski definition) is 2. The summed E-state index contributed by atoms with van der Waals surface area (Å²) >= 11 is 0. The van der Waals surface area contributed by atoms with Crippen LogP contribution in [0.4, 0.5) is 0 Å². The van der Waals surface area contributed by atoms with Crippen molar-refractivity contribution in [1.29, 1.82) is 0 Å². The number of benzene rings is 1. The maximum absolute atomic E-state index is 10.9. The lowest BCUT2D eigenvalue weighted by Gasteiger charge is -2.34. The molecule has 0 radical (unpaired) electrons. The Bertz CT molecular complexity index is 387. The van der Waals surface area contributed by atoms with Crippen LogP contribution in [-0.4, -0.2) is 11.9 Å². The van der Waals surface area contributed by atoms with Gasteiger partial charge < -0.3 is 11.1 Å². The van der Waals surface area contributed by atoms with Crippen molar-refractivity contribution < 1.29 is 4.79 Å². The van der Waals surface area contributed by atoms with Gasteiger partial charge in [-0.15, -0.1) is 0 Å². The smallest absolute Gasteiger partial charge is 0.239 e. The van der Waals surface area contributed by atoms with Gasteiger partial charge in [0.1, 0.15) is 6.04 Å². The molecule has 74 valence electrons. The third-order valence-corrected chi connectivity index (χ3v) is 2.85. The first kappa shape index (κ1) is 9.21. The first-order valence-corrected chi connectivity index (χ1v) is 4.72. The van der Waals surface area contributed by atoms with Gasteiger partial charge >= 0.3 is 0 Å². The van der Waals surface area contributed by atoms with Gasteiger partial charge in [0.25, 0.3) is 0 Å². The van der Waals surface area contributed by atoms with Crippen molar-refractivity contribution in [2.75, 3.05) is 0 Å². The third-order valence-electron chi connectivity index (χ3n) is 2.85. The predicted octanol–water partition coefficient (Wildman–Crippen LogP) is 0.802. The van der Waals surface area contributed by atoms with E-state index in [4.69, 9.17) is 5.73 Å². The fraction of sp³-hybridized carbons (Fsp3) is 0.364. The molecular formula is C11H14N2O. The van der Waals surface area contributed by atoms with Crippen LogP contribution in [0.25, 0.3) is 0 Å². The molecule has 2 atom stereocenters. The van der Waals surface area contributed by atoms with Gasteiger partial charge in [-0.2, -0.15) is 0 Å². The molecule has 0 aromatic heterocycles. The Kier molecular flexibility index (Phi) is 2.04. The molecule has 3 N–H and O–H groups in total. The minimum atomic E-state index is -0.378. The Morgan fingerprint density at radius 3 is 2.50 bits per heavy atom. The predicted molar refractivity (Wildman–Crippen MR) is 54.8 cm³/mol. The first-order valence-electron chi connectivity index (χ1n) is 4.72. The second-order valence-corrected chi connectivity index (χ2v) is 3.86. The molecule has 1 fully saturated rings. The van der Waals surface area contributed by atoms with Crippen molar-refractivity contribution in [2.45, 2.75) is 25.9 Å². The average Bonchev–Trinajstić information content (AvgIpc) is 2.18. The largest absolute Gasteiger partial charge is 0.346 e. The number of amides is 1. The van der Waals surface area contributed by atoms with Gasteiger partial charge in [0.15, 0.2) is 0 Å². The summed E-state index contributed by atoms with van der Waals surface area (Å²) in [5, 5.41) is 2.79. The number of nitrogens with one attached hydrogen (secondary N) is 1. The van der Waals surface area contributed by atoms with Gasteiger partial charge in [-0.1, -0.05) is 18.2 Å². The van der Waals surface area contributed by atoms with Crippen LogP contribution < -0.4 is 11.1 Å². The van der Waals surface area contributed by atoms with Gasteiger partial charge in [-0.25, -0.2) is 0 Å². The van der Waals surface area contributed by atoms with Crippen LogP contribution in [-0.2, 0) is 4.79 Å². The highest BCUT2D eigenvalue weighted by Crippen LogP contribution is 2.24. The van der Waals surface area contributed by atoms with E-state index in [1.165, 1.54) is 11.1 Å². The van der Waals surface area contributed by atoms with Crippen molar-refractivity contribution in [3.05, 3.63) is 34.9 Å². The molecule has 0 saturated carbocycles. The van der Waals surface area contributed by atoms with Crippen molar-refractivity contribution in [3.63, 3.8) is 0 Å². The molecule has 3 heteroatoms. The molecule has 1 amide bonds. The SMILES string of the molecule is Cc1ccc(C2NC(=O)C2N)cc1C. The minimum absolute atomic E-state index is 0.00167. The Morgan fingerprint density at radius 1 is 1.29 bits per heavy atom. The highest BCUT2D eigenvalue weighted by atomic mass is 16.2. The van der Waals surface area contributed by atoms with Crippen LogP contribution in [0.15, 0.2) is 18.2 Å². The summed E-state index contributed by atoms with van der Waals surface area (Å²) in [6.45, 7) is 4.13. The van der Waals surface area contributed by atoms with Crippen LogP contribution in [0.5, 0.6) is 0 Å². The van der Waals surface area contributed by atoms with Gasteiger partial charge in [0.2, 0.25) is 5.91 Å². The highest BCUT2D eigenvalue weighted by Gasteiger charge is 2.36. The van der Waals surface area contributed by atoms with Crippen LogP contribution in [0.2, 0.25) is 0 Å². The van der Waals surface area contributed by atoms with Gasteiger partial charge in [0, 0.05) is 0 Å². The van der Waals surface area contributed by atoms with E-state index in [9.17, 15) is 4.79 Å². The molecular weight excluding hydrogens is 176 g/mol. The molecule has 0 spiro atoms. The standard InChI is InChI=1S/C11H14N2O/c1-6-3-4-8(5-7(6)2)10-9(12)11(14)13-10/h3-5,9-10H,12H2,1-2H3,(H,13,14).